The van der Waals surface area contributed by atoms with Gasteiger partial charge in [0.2, 0.25) is 11.8 Å². The van der Waals surface area contributed by atoms with Crippen LogP contribution in [0, 0.1) is 5.92 Å². The van der Waals surface area contributed by atoms with Crippen molar-refractivity contribution in [3.63, 3.8) is 0 Å². The average molecular weight is 275 g/mol. The minimum atomic E-state index is -2.78. The number of rotatable bonds is 2. The molecule has 19 heavy (non-hydrogen) atoms. The van der Waals surface area contributed by atoms with Gasteiger partial charge in [0.05, 0.1) is 0 Å². The summed E-state index contributed by atoms with van der Waals surface area (Å²) < 4.78 is 26.7. The van der Waals surface area contributed by atoms with Crippen molar-refractivity contribution >= 4 is 11.9 Å². The number of carbonyl (C=O) groups is 2. The van der Waals surface area contributed by atoms with Crippen LogP contribution in [-0.2, 0) is 9.59 Å². The molecule has 0 bridgehead atoms. The van der Waals surface area contributed by atoms with Crippen LogP contribution in [0.5, 0.6) is 0 Å². The molecule has 1 amide bonds. The summed E-state index contributed by atoms with van der Waals surface area (Å²) in [6, 6.07) is -0.836. The Hall–Kier alpha value is -1.20. The smallest absolute Gasteiger partial charge is 0.326 e. The number of hydrogen-bond donors (Lipinski definition) is 1. The van der Waals surface area contributed by atoms with Gasteiger partial charge in [-0.1, -0.05) is 0 Å². The number of nitrogens with zero attached hydrogens (tertiary/aromatic N) is 1. The van der Waals surface area contributed by atoms with Crippen molar-refractivity contribution in [3.05, 3.63) is 0 Å². The van der Waals surface area contributed by atoms with Crippen molar-refractivity contribution in [1.82, 2.24) is 4.90 Å². The van der Waals surface area contributed by atoms with Crippen LogP contribution in [0.4, 0.5) is 8.78 Å². The molecule has 4 nitrogen and oxygen atoms in total. The largest absolute Gasteiger partial charge is 0.480 e. The van der Waals surface area contributed by atoms with E-state index < -0.39 is 36.2 Å². The van der Waals surface area contributed by atoms with E-state index in [9.17, 15) is 18.4 Å². The van der Waals surface area contributed by atoms with E-state index in [1.165, 1.54) is 4.90 Å². The monoisotopic (exact) mass is 275 g/mol. The fourth-order valence-electron chi connectivity index (χ4n) is 3.07. The number of carboxylic acids is 1. The first kappa shape index (κ1) is 14.2. The quantitative estimate of drug-likeness (QED) is 0.841. The highest BCUT2D eigenvalue weighted by Crippen LogP contribution is 2.38. The van der Waals surface area contributed by atoms with E-state index in [4.69, 9.17) is 5.11 Å². The average Bonchev–Trinajstić information content (AvgIpc) is 2.36. The summed E-state index contributed by atoms with van der Waals surface area (Å²) in [5.74, 6) is -4.93. The number of aliphatic carboxylic acids is 1. The number of hydrogen-bond acceptors (Lipinski definition) is 2. The molecule has 0 spiro atoms. The van der Waals surface area contributed by atoms with Crippen LogP contribution >= 0.6 is 0 Å². The summed E-state index contributed by atoms with van der Waals surface area (Å²) in [6.07, 6.45) is 2.10. The van der Waals surface area contributed by atoms with Crippen LogP contribution in [-0.4, -0.2) is 40.4 Å². The lowest BCUT2D eigenvalue weighted by Gasteiger charge is -2.37. The number of amides is 1. The molecule has 0 aromatic carbocycles. The Balaban J connectivity index is 2.06. The molecule has 2 fully saturated rings. The Morgan fingerprint density at radius 2 is 1.89 bits per heavy atom. The predicted octanol–water partition coefficient (Wildman–Crippen LogP) is 2.28. The Morgan fingerprint density at radius 1 is 1.16 bits per heavy atom. The molecule has 2 aliphatic rings. The minimum absolute atomic E-state index is 0.168. The van der Waals surface area contributed by atoms with E-state index in [-0.39, 0.29) is 6.42 Å². The molecule has 1 unspecified atom stereocenters. The summed E-state index contributed by atoms with van der Waals surface area (Å²) in [5.41, 5.74) is 0. The summed E-state index contributed by atoms with van der Waals surface area (Å²) in [5, 5.41) is 9.12. The summed E-state index contributed by atoms with van der Waals surface area (Å²) in [7, 11) is 0. The van der Waals surface area contributed by atoms with Crippen LogP contribution in [0.2, 0.25) is 0 Å². The molecule has 2 atom stereocenters. The number of likely N-dealkylation sites (tertiary alicyclic amines) is 1. The maximum absolute atomic E-state index is 13.4. The molecular formula is C13H19F2NO3. The van der Waals surface area contributed by atoms with Crippen LogP contribution in [0.25, 0.3) is 0 Å². The molecule has 1 aliphatic carbocycles. The Morgan fingerprint density at radius 3 is 2.53 bits per heavy atom. The number of piperidine rings is 1. The number of carbonyl (C=O) groups excluding carboxylic acids is 1. The van der Waals surface area contributed by atoms with Gasteiger partial charge >= 0.3 is 5.97 Å². The van der Waals surface area contributed by atoms with E-state index in [2.05, 4.69) is 0 Å². The highest BCUT2D eigenvalue weighted by Gasteiger charge is 2.42. The first-order valence-corrected chi connectivity index (χ1v) is 6.82. The van der Waals surface area contributed by atoms with Crippen LogP contribution in [0.1, 0.15) is 44.9 Å². The van der Waals surface area contributed by atoms with Gasteiger partial charge in [-0.15, -0.1) is 0 Å². The van der Waals surface area contributed by atoms with Crippen molar-refractivity contribution in [1.29, 1.82) is 0 Å². The maximum atomic E-state index is 13.4. The topological polar surface area (TPSA) is 57.6 Å². The van der Waals surface area contributed by atoms with Crippen LogP contribution in [0.3, 0.4) is 0 Å². The zero-order valence-corrected chi connectivity index (χ0v) is 10.8. The van der Waals surface area contributed by atoms with Crippen molar-refractivity contribution in [2.45, 2.75) is 56.9 Å². The third-order valence-electron chi connectivity index (χ3n) is 4.06. The molecule has 1 aliphatic heterocycles. The maximum Gasteiger partial charge on any atom is 0.326 e. The number of carboxylic acid groups (broad SMARTS) is 1. The first-order chi connectivity index (χ1) is 8.91. The molecule has 0 aromatic rings. The third-order valence-corrected chi connectivity index (χ3v) is 4.06. The fourth-order valence-corrected chi connectivity index (χ4v) is 3.07. The normalized spacial score (nSPS) is 30.9. The van der Waals surface area contributed by atoms with Gasteiger partial charge in [0.25, 0.3) is 0 Å². The van der Waals surface area contributed by atoms with Gasteiger partial charge in [-0.2, -0.15) is 0 Å². The number of halogens is 2. The van der Waals surface area contributed by atoms with Crippen LogP contribution in [0.15, 0.2) is 0 Å². The Labute approximate surface area is 110 Å². The summed E-state index contributed by atoms with van der Waals surface area (Å²) in [6.45, 7) is 0.373. The summed E-state index contributed by atoms with van der Waals surface area (Å²) >= 11 is 0. The van der Waals surface area contributed by atoms with E-state index >= 15 is 0 Å². The van der Waals surface area contributed by atoms with Gasteiger partial charge in [-0.3, -0.25) is 4.79 Å². The molecular weight excluding hydrogens is 256 g/mol. The molecule has 108 valence electrons. The second kappa shape index (κ2) is 5.43. The van der Waals surface area contributed by atoms with Gasteiger partial charge in [0, 0.05) is 25.3 Å². The van der Waals surface area contributed by atoms with E-state index in [1.54, 1.807) is 0 Å². The molecule has 0 radical (unpaired) electrons. The van der Waals surface area contributed by atoms with Crippen molar-refractivity contribution in [2.24, 2.45) is 5.92 Å². The standard InChI is InChI=1S/C13H19F2NO3/c14-13(15)6-3-4-9(8-13)11(17)16-7-2-1-5-10(16)12(18)19/h9-10H,1-8H2,(H,18,19)/t9?,10-/m1/s1. The van der Waals surface area contributed by atoms with Gasteiger partial charge in [-0.25, -0.2) is 13.6 Å². The molecule has 1 saturated carbocycles. The highest BCUT2D eigenvalue weighted by atomic mass is 19.3. The Kier molecular flexibility index (Phi) is 4.06. The lowest BCUT2D eigenvalue weighted by atomic mass is 9.84. The molecule has 1 saturated heterocycles. The van der Waals surface area contributed by atoms with Crippen molar-refractivity contribution < 1.29 is 23.5 Å². The molecule has 0 aromatic heterocycles. The van der Waals surface area contributed by atoms with Gasteiger partial charge in [0.1, 0.15) is 6.04 Å². The van der Waals surface area contributed by atoms with Crippen molar-refractivity contribution in [3.8, 4) is 0 Å². The lowest BCUT2D eigenvalue weighted by Crippen LogP contribution is -2.51. The minimum Gasteiger partial charge on any atom is -0.480 e. The van der Waals surface area contributed by atoms with Gasteiger partial charge < -0.3 is 10.0 Å². The first-order valence-electron chi connectivity index (χ1n) is 6.82. The molecule has 1 N–H and O–H groups in total. The molecule has 1 heterocycles. The third kappa shape index (κ3) is 3.22. The van der Waals surface area contributed by atoms with E-state index in [1.807, 2.05) is 0 Å². The molecule has 2 rings (SSSR count). The highest BCUT2D eigenvalue weighted by molar-refractivity contribution is 5.85. The zero-order chi connectivity index (χ0) is 14.0. The van der Waals surface area contributed by atoms with Gasteiger partial charge in [-0.05, 0) is 32.1 Å². The van der Waals surface area contributed by atoms with Crippen LogP contribution < -0.4 is 0 Å². The second-order valence-corrected chi connectivity index (χ2v) is 5.53. The van der Waals surface area contributed by atoms with Crippen molar-refractivity contribution in [2.75, 3.05) is 6.54 Å². The summed E-state index contributed by atoms with van der Waals surface area (Å²) in [4.78, 5) is 24.7. The van der Waals surface area contributed by atoms with E-state index in [0.29, 0.717) is 25.8 Å². The fraction of sp³-hybridized carbons (Fsp3) is 0.846. The zero-order valence-electron chi connectivity index (χ0n) is 10.8. The SMILES string of the molecule is O=C(O)[C@H]1CCCCN1C(=O)C1CCCC(F)(F)C1. The Bertz CT molecular complexity index is 373. The number of alkyl halides is 2. The van der Waals surface area contributed by atoms with Gasteiger partial charge in [0.15, 0.2) is 0 Å². The second-order valence-electron chi connectivity index (χ2n) is 5.53. The predicted molar refractivity (Wildman–Crippen MR) is 63.9 cm³/mol. The lowest BCUT2D eigenvalue weighted by molar-refractivity contribution is -0.157. The van der Waals surface area contributed by atoms with E-state index in [0.717, 1.165) is 12.8 Å². The molecule has 6 heteroatoms.